The Balaban J connectivity index is 1.23. The van der Waals surface area contributed by atoms with Crippen LogP contribution in [0.15, 0.2) is 162 Å². The van der Waals surface area contributed by atoms with Crippen LogP contribution in [0.1, 0.15) is 0 Å². The predicted octanol–water partition coefficient (Wildman–Crippen LogP) is 10.4. The Morgan fingerprint density at radius 3 is 1.61 bits per heavy atom. The molecule has 0 aliphatic rings. The van der Waals surface area contributed by atoms with Crippen molar-refractivity contribution in [2.24, 2.45) is 0 Å². The summed E-state index contributed by atoms with van der Waals surface area (Å²) in [7, 11) is 0. The molecule has 0 unspecified atom stereocenters. The summed E-state index contributed by atoms with van der Waals surface area (Å²) in [6, 6.07) is 53.8. The minimum absolute atomic E-state index is 0.611. The molecule has 0 spiro atoms. The maximum absolute atomic E-state index is 6.49. The summed E-state index contributed by atoms with van der Waals surface area (Å²) in [4.78, 5) is 15.0. The van der Waals surface area contributed by atoms with Gasteiger partial charge in [0.25, 0.3) is 0 Å². The maximum atomic E-state index is 6.49. The zero-order valence-corrected chi connectivity index (χ0v) is 24.7. The van der Waals surface area contributed by atoms with E-state index in [4.69, 9.17) is 19.4 Å². The molecule has 0 aliphatic carbocycles. The van der Waals surface area contributed by atoms with Crippen molar-refractivity contribution in [3.05, 3.63) is 158 Å². The zero-order chi connectivity index (χ0) is 30.5. The standard InChI is InChI=1S/C41H26N4O/c1-3-13-27(14-4-1)29-17-11-19-31(25-29)39-42-38(28-15-5-2-6-16-28)43-40(44-39)32-20-12-18-30(26-32)37-33-21-7-8-22-34(33)45-35-23-9-10-24-36(35)46-41(37)45/h1-26H. The number of rotatable bonds is 5. The number of oxazole rings is 1. The molecule has 6 aromatic carbocycles. The van der Waals surface area contributed by atoms with Crippen molar-refractivity contribution in [1.82, 2.24) is 19.4 Å². The second-order valence-electron chi connectivity index (χ2n) is 11.3. The maximum Gasteiger partial charge on any atom is 0.213 e. The fraction of sp³-hybridized carbons (Fsp3) is 0. The zero-order valence-electron chi connectivity index (χ0n) is 24.7. The average molecular weight is 591 g/mol. The molecule has 0 saturated heterocycles. The van der Waals surface area contributed by atoms with Gasteiger partial charge in [-0.1, -0.05) is 127 Å². The van der Waals surface area contributed by atoms with E-state index in [0.29, 0.717) is 17.5 Å². The van der Waals surface area contributed by atoms with E-state index < -0.39 is 0 Å². The first-order valence-corrected chi connectivity index (χ1v) is 15.3. The third kappa shape index (κ3) is 4.37. The molecular weight excluding hydrogens is 564 g/mol. The topological polar surface area (TPSA) is 56.2 Å². The number of hydrogen-bond donors (Lipinski definition) is 0. The summed E-state index contributed by atoms with van der Waals surface area (Å²) in [5, 5.41) is 1.13. The van der Waals surface area contributed by atoms with Crippen molar-refractivity contribution >= 4 is 27.7 Å². The van der Waals surface area contributed by atoms with Gasteiger partial charge in [-0.2, -0.15) is 0 Å². The van der Waals surface area contributed by atoms with Crippen molar-refractivity contribution < 1.29 is 4.42 Å². The minimum atomic E-state index is 0.611. The van der Waals surface area contributed by atoms with Gasteiger partial charge < -0.3 is 4.42 Å². The number of hydrogen-bond acceptors (Lipinski definition) is 4. The lowest BCUT2D eigenvalue weighted by Gasteiger charge is -2.10. The third-order valence-corrected chi connectivity index (χ3v) is 8.45. The summed E-state index contributed by atoms with van der Waals surface area (Å²) in [5.41, 5.74) is 10.9. The molecule has 216 valence electrons. The molecule has 0 N–H and O–H groups in total. The molecule has 3 heterocycles. The Kier molecular flexibility index (Phi) is 6.06. The molecule has 0 atom stereocenters. The quantitative estimate of drug-likeness (QED) is 0.200. The van der Waals surface area contributed by atoms with E-state index in [-0.39, 0.29) is 0 Å². The van der Waals surface area contributed by atoms with Gasteiger partial charge in [0.2, 0.25) is 5.71 Å². The Hall–Kier alpha value is -6.33. The highest BCUT2D eigenvalue weighted by atomic mass is 16.3. The first-order valence-electron chi connectivity index (χ1n) is 15.3. The van der Waals surface area contributed by atoms with Gasteiger partial charge in [-0.05, 0) is 47.0 Å². The van der Waals surface area contributed by atoms with E-state index in [1.807, 2.05) is 54.6 Å². The highest BCUT2D eigenvalue weighted by Crippen LogP contribution is 2.40. The van der Waals surface area contributed by atoms with Gasteiger partial charge in [0.05, 0.1) is 16.6 Å². The van der Waals surface area contributed by atoms with Gasteiger partial charge in [-0.25, -0.2) is 15.0 Å². The lowest BCUT2D eigenvalue weighted by Crippen LogP contribution is -2.00. The van der Waals surface area contributed by atoms with Crippen molar-refractivity contribution in [1.29, 1.82) is 0 Å². The van der Waals surface area contributed by atoms with Crippen LogP contribution in [0.4, 0.5) is 0 Å². The van der Waals surface area contributed by atoms with E-state index >= 15 is 0 Å². The van der Waals surface area contributed by atoms with Crippen molar-refractivity contribution in [3.8, 4) is 56.4 Å². The highest BCUT2D eigenvalue weighted by Gasteiger charge is 2.20. The first kappa shape index (κ1) is 26.1. The first-order chi connectivity index (χ1) is 22.8. The van der Waals surface area contributed by atoms with Crippen molar-refractivity contribution in [3.63, 3.8) is 0 Å². The number of fused-ring (bicyclic) bond motifs is 5. The number of nitrogens with zero attached hydrogens (tertiary/aromatic N) is 4. The molecule has 0 radical (unpaired) electrons. The molecular formula is C41H26N4O. The molecule has 9 aromatic rings. The van der Waals surface area contributed by atoms with Crippen LogP contribution >= 0.6 is 0 Å². The van der Waals surface area contributed by atoms with Gasteiger partial charge >= 0.3 is 0 Å². The van der Waals surface area contributed by atoms with E-state index in [0.717, 1.165) is 66.7 Å². The molecule has 0 bridgehead atoms. The molecule has 46 heavy (non-hydrogen) atoms. The SMILES string of the molecule is c1ccc(-c2cccc(-c3nc(-c4ccccc4)nc(-c4cccc(-c5c6ccccc6n6c5oc5ccccc56)c4)n3)c2)cc1. The molecule has 3 aromatic heterocycles. The number of para-hydroxylation sites is 3. The molecule has 0 amide bonds. The number of benzene rings is 6. The Morgan fingerprint density at radius 2 is 0.891 bits per heavy atom. The fourth-order valence-electron chi connectivity index (χ4n) is 6.30. The summed E-state index contributed by atoms with van der Waals surface area (Å²) in [5.74, 6) is 1.87. The Labute approximate surface area is 265 Å². The highest BCUT2D eigenvalue weighted by molar-refractivity contribution is 6.07. The van der Waals surface area contributed by atoms with Gasteiger partial charge in [-0.3, -0.25) is 4.40 Å². The summed E-state index contributed by atoms with van der Waals surface area (Å²) in [6.07, 6.45) is 0. The van der Waals surface area contributed by atoms with Crippen LogP contribution in [-0.2, 0) is 0 Å². The molecule has 0 aliphatic heterocycles. The van der Waals surface area contributed by atoms with E-state index in [1.165, 1.54) is 0 Å². The molecule has 9 rings (SSSR count). The Bertz CT molecular complexity index is 2530. The molecule has 0 saturated carbocycles. The van der Waals surface area contributed by atoms with Gasteiger partial charge in [0.15, 0.2) is 23.1 Å². The lowest BCUT2D eigenvalue weighted by atomic mass is 10.0. The van der Waals surface area contributed by atoms with Crippen molar-refractivity contribution in [2.45, 2.75) is 0 Å². The molecule has 5 heteroatoms. The second kappa shape index (κ2) is 10.7. The smallest absolute Gasteiger partial charge is 0.213 e. The number of aromatic nitrogens is 4. The molecule has 0 fully saturated rings. The third-order valence-electron chi connectivity index (χ3n) is 8.45. The summed E-state index contributed by atoms with van der Waals surface area (Å²) in [6.45, 7) is 0. The van der Waals surface area contributed by atoms with Gasteiger partial charge in [0.1, 0.15) is 0 Å². The summed E-state index contributed by atoms with van der Waals surface area (Å²) < 4.78 is 8.70. The van der Waals surface area contributed by atoms with Crippen LogP contribution in [0.3, 0.4) is 0 Å². The minimum Gasteiger partial charge on any atom is -0.438 e. The Morgan fingerprint density at radius 1 is 0.391 bits per heavy atom. The fourth-order valence-corrected chi connectivity index (χ4v) is 6.30. The normalized spacial score (nSPS) is 11.5. The van der Waals surface area contributed by atoms with Crippen LogP contribution in [0.5, 0.6) is 0 Å². The van der Waals surface area contributed by atoms with Crippen LogP contribution in [0.25, 0.3) is 84.1 Å². The van der Waals surface area contributed by atoms with Gasteiger partial charge in [0, 0.05) is 22.1 Å². The molecule has 5 nitrogen and oxygen atoms in total. The summed E-state index contributed by atoms with van der Waals surface area (Å²) >= 11 is 0. The van der Waals surface area contributed by atoms with Crippen LogP contribution in [0.2, 0.25) is 0 Å². The second-order valence-corrected chi connectivity index (χ2v) is 11.3. The lowest BCUT2D eigenvalue weighted by molar-refractivity contribution is 0.658. The monoisotopic (exact) mass is 590 g/mol. The average Bonchev–Trinajstić information content (AvgIpc) is 3.67. The van der Waals surface area contributed by atoms with E-state index in [9.17, 15) is 0 Å². The largest absolute Gasteiger partial charge is 0.438 e. The van der Waals surface area contributed by atoms with Crippen LogP contribution in [0, 0.1) is 0 Å². The van der Waals surface area contributed by atoms with E-state index in [1.54, 1.807) is 0 Å². The van der Waals surface area contributed by atoms with E-state index in [2.05, 4.69) is 108 Å². The van der Waals surface area contributed by atoms with Crippen LogP contribution in [-0.4, -0.2) is 19.4 Å². The van der Waals surface area contributed by atoms with Gasteiger partial charge in [-0.15, -0.1) is 0 Å². The van der Waals surface area contributed by atoms with Crippen molar-refractivity contribution in [2.75, 3.05) is 0 Å². The van der Waals surface area contributed by atoms with Crippen LogP contribution < -0.4 is 0 Å². The predicted molar refractivity (Wildman–Crippen MR) is 185 cm³/mol.